The van der Waals surface area contributed by atoms with Crippen molar-refractivity contribution >= 4 is 5.78 Å². The summed E-state index contributed by atoms with van der Waals surface area (Å²) in [5.74, 6) is 1.19. The first-order chi connectivity index (χ1) is 8.99. The monoisotopic (exact) mass is 260 g/mol. The molecule has 0 aliphatic carbocycles. The number of imidazole rings is 1. The molecule has 2 aromatic heterocycles. The van der Waals surface area contributed by atoms with Gasteiger partial charge < -0.3 is 4.57 Å². The van der Waals surface area contributed by atoms with Gasteiger partial charge in [0.05, 0.1) is 5.69 Å². The molecule has 2 heterocycles. The van der Waals surface area contributed by atoms with E-state index in [4.69, 9.17) is 0 Å². The Morgan fingerprint density at radius 2 is 2.05 bits per heavy atom. The smallest absolute Gasteiger partial charge is 0.137 e. The van der Waals surface area contributed by atoms with Crippen molar-refractivity contribution in [2.45, 2.75) is 33.1 Å². The molecule has 0 saturated heterocycles. The fraction of sp³-hybridized carbons (Fsp3) is 0.500. The first-order valence-corrected chi connectivity index (χ1v) is 6.46. The van der Waals surface area contributed by atoms with Crippen LogP contribution in [0.25, 0.3) is 0 Å². The zero-order valence-electron chi connectivity index (χ0n) is 12.0. The van der Waals surface area contributed by atoms with Gasteiger partial charge in [-0.25, -0.2) is 4.98 Å². The van der Waals surface area contributed by atoms with E-state index in [1.165, 1.54) is 0 Å². The number of nitrogens with zero attached hydrogens (tertiary/aromatic N) is 4. The third-order valence-electron chi connectivity index (χ3n) is 3.58. The number of hydrogen-bond acceptors (Lipinski definition) is 3. The van der Waals surface area contributed by atoms with Gasteiger partial charge in [0, 0.05) is 57.0 Å². The Hall–Kier alpha value is -1.91. The maximum atomic E-state index is 12.1. The van der Waals surface area contributed by atoms with Crippen LogP contribution in [0.2, 0.25) is 0 Å². The van der Waals surface area contributed by atoms with Gasteiger partial charge in [-0.1, -0.05) is 0 Å². The van der Waals surface area contributed by atoms with E-state index < -0.39 is 0 Å². The summed E-state index contributed by atoms with van der Waals surface area (Å²) in [6, 6.07) is 0. The van der Waals surface area contributed by atoms with Crippen LogP contribution in [-0.2, 0) is 31.7 Å². The molecule has 0 aromatic carbocycles. The van der Waals surface area contributed by atoms with Crippen LogP contribution in [0.3, 0.4) is 0 Å². The van der Waals surface area contributed by atoms with Crippen molar-refractivity contribution in [3.05, 3.63) is 35.2 Å². The summed E-state index contributed by atoms with van der Waals surface area (Å²) in [7, 11) is 3.85. The Bertz CT molecular complexity index is 595. The van der Waals surface area contributed by atoms with Gasteiger partial charge in [0.1, 0.15) is 11.6 Å². The van der Waals surface area contributed by atoms with Crippen molar-refractivity contribution in [2.24, 2.45) is 14.1 Å². The zero-order valence-corrected chi connectivity index (χ0v) is 12.0. The Morgan fingerprint density at radius 3 is 2.58 bits per heavy atom. The molecule has 0 fully saturated rings. The molecule has 5 heteroatoms. The maximum Gasteiger partial charge on any atom is 0.137 e. The highest BCUT2D eigenvalue weighted by atomic mass is 16.1. The second-order valence-corrected chi connectivity index (χ2v) is 4.94. The predicted molar refractivity (Wildman–Crippen MR) is 72.9 cm³/mol. The van der Waals surface area contributed by atoms with Crippen LogP contribution in [0.5, 0.6) is 0 Å². The van der Waals surface area contributed by atoms with Crippen LogP contribution < -0.4 is 0 Å². The van der Waals surface area contributed by atoms with Crippen molar-refractivity contribution in [3.8, 4) is 0 Å². The maximum absolute atomic E-state index is 12.1. The molecule has 0 atom stereocenters. The highest BCUT2D eigenvalue weighted by Crippen LogP contribution is 2.14. The lowest BCUT2D eigenvalue weighted by Crippen LogP contribution is -2.08. The largest absolute Gasteiger partial charge is 0.338 e. The summed E-state index contributed by atoms with van der Waals surface area (Å²) in [4.78, 5) is 16.3. The minimum Gasteiger partial charge on any atom is -0.338 e. The van der Waals surface area contributed by atoms with Gasteiger partial charge >= 0.3 is 0 Å². The first kappa shape index (κ1) is 13.5. The Labute approximate surface area is 113 Å². The first-order valence-electron chi connectivity index (χ1n) is 6.46. The molecular weight excluding hydrogens is 240 g/mol. The molecule has 0 aliphatic heterocycles. The van der Waals surface area contributed by atoms with Gasteiger partial charge in [-0.2, -0.15) is 5.10 Å². The number of Topliss-reactive ketones (excluding diaryl/α,β-unsaturated/α-hetero) is 1. The number of carbonyl (C=O) groups excluding carboxylic acids is 1. The van der Waals surface area contributed by atoms with E-state index in [1.807, 2.05) is 43.4 Å². The molecule has 102 valence electrons. The average Bonchev–Trinajstić information content (AvgIpc) is 2.86. The van der Waals surface area contributed by atoms with Gasteiger partial charge in [-0.15, -0.1) is 0 Å². The molecule has 0 unspecified atom stereocenters. The van der Waals surface area contributed by atoms with E-state index in [2.05, 4.69) is 10.1 Å². The normalized spacial score (nSPS) is 10.9. The van der Waals surface area contributed by atoms with Gasteiger partial charge in [-0.3, -0.25) is 9.48 Å². The van der Waals surface area contributed by atoms with Crippen LogP contribution in [0, 0.1) is 13.8 Å². The molecule has 0 N–H and O–H groups in total. The molecule has 0 saturated carbocycles. The Morgan fingerprint density at radius 1 is 1.32 bits per heavy atom. The summed E-state index contributed by atoms with van der Waals surface area (Å²) in [5.41, 5.74) is 3.08. The standard InChI is InChI=1S/C14H20N4O/c1-10-13(11(2)18(4)16-10)9-12(19)5-6-14-15-7-8-17(14)3/h7-8H,5-6,9H2,1-4H3. The number of aromatic nitrogens is 4. The third-order valence-corrected chi connectivity index (χ3v) is 3.58. The highest BCUT2D eigenvalue weighted by Gasteiger charge is 2.14. The lowest BCUT2D eigenvalue weighted by Gasteiger charge is -2.03. The van der Waals surface area contributed by atoms with E-state index in [9.17, 15) is 4.79 Å². The number of hydrogen-bond donors (Lipinski definition) is 0. The predicted octanol–water partition coefficient (Wildman–Crippen LogP) is 1.51. The van der Waals surface area contributed by atoms with E-state index in [-0.39, 0.29) is 5.78 Å². The van der Waals surface area contributed by atoms with Crippen molar-refractivity contribution in [2.75, 3.05) is 0 Å². The van der Waals surface area contributed by atoms with Crippen LogP contribution in [-0.4, -0.2) is 25.1 Å². The van der Waals surface area contributed by atoms with Gasteiger partial charge in [0.2, 0.25) is 0 Å². The lowest BCUT2D eigenvalue weighted by molar-refractivity contribution is -0.118. The van der Waals surface area contributed by atoms with Crippen LogP contribution >= 0.6 is 0 Å². The highest BCUT2D eigenvalue weighted by molar-refractivity contribution is 5.81. The van der Waals surface area contributed by atoms with Gasteiger partial charge in [0.15, 0.2) is 0 Å². The van der Waals surface area contributed by atoms with Crippen molar-refractivity contribution in [3.63, 3.8) is 0 Å². The van der Waals surface area contributed by atoms with Crippen LogP contribution in [0.4, 0.5) is 0 Å². The van der Waals surface area contributed by atoms with Crippen molar-refractivity contribution in [1.82, 2.24) is 19.3 Å². The second-order valence-electron chi connectivity index (χ2n) is 4.94. The minimum atomic E-state index is 0.238. The Balaban J connectivity index is 1.96. The van der Waals surface area contributed by atoms with E-state index in [0.717, 1.165) is 22.8 Å². The topological polar surface area (TPSA) is 52.7 Å². The number of rotatable bonds is 5. The molecule has 19 heavy (non-hydrogen) atoms. The van der Waals surface area contributed by atoms with E-state index in [0.29, 0.717) is 19.3 Å². The second kappa shape index (κ2) is 5.38. The molecule has 2 rings (SSSR count). The summed E-state index contributed by atoms with van der Waals surface area (Å²) < 4.78 is 3.78. The van der Waals surface area contributed by atoms with E-state index >= 15 is 0 Å². The van der Waals surface area contributed by atoms with Gasteiger partial charge in [-0.05, 0) is 13.8 Å². The minimum absolute atomic E-state index is 0.238. The number of aryl methyl sites for hydroxylation is 4. The number of carbonyl (C=O) groups is 1. The molecule has 0 spiro atoms. The fourth-order valence-corrected chi connectivity index (χ4v) is 2.25. The third kappa shape index (κ3) is 2.92. The molecular formula is C14H20N4O. The summed E-state index contributed by atoms with van der Waals surface area (Å²) >= 11 is 0. The quantitative estimate of drug-likeness (QED) is 0.819. The Kier molecular flexibility index (Phi) is 3.83. The summed E-state index contributed by atoms with van der Waals surface area (Å²) in [6.07, 6.45) is 5.35. The SMILES string of the molecule is Cc1nn(C)c(C)c1CC(=O)CCc1nccn1C. The molecule has 0 amide bonds. The molecule has 0 radical (unpaired) electrons. The van der Waals surface area contributed by atoms with Crippen molar-refractivity contribution in [1.29, 1.82) is 0 Å². The zero-order chi connectivity index (χ0) is 14.0. The molecule has 2 aromatic rings. The summed E-state index contributed by atoms with van der Waals surface area (Å²) in [6.45, 7) is 3.95. The van der Waals surface area contributed by atoms with Crippen LogP contribution in [0.1, 0.15) is 29.2 Å². The molecule has 0 bridgehead atoms. The van der Waals surface area contributed by atoms with Crippen LogP contribution in [0.15, 0.2) is 12.4 Å². The average molecular weight is 260 g/mol. The summed E-state index contributed by atoms with van der Waals surface area (Å²) in [5, 5.41) is 4.34. The fourth-order valence-electron chi connectivity index (χ4n) is 2.25. The molecule has 5 nitrogen and oxygen atoms in total. The van der Waals surface area contributed by atoms with Crippen molar-refractivity contribution < 1.29 is 4.79 Å². The molecule has 0 aliphatic rings. The lowest BCUT2D eigenvalue weighted by atomic mass is 10.0. The van der Waals surface area contributed by atoms with E-state index in [1.54, 1.807) is 6.20 Å². The van der Waals surface area contributed by atoms with Gasteiger partial charge in [0.25, 0.3) is 0 Å². The number of ketones is 1.